The molecule has 0 bridgehead atoms. The molecule has 0 aliphatic rings. The number of halogens is 1. The van der Waals surface area contributed by atoms with Crippen LogP contribution in [-0.2, 0) is 10.0 Å². The van der Waals surface area contributed by atoms with E-state index in [-0.39, 0.29) is 4.90 Å². The molecule has 0 saturated heterocycles. The molecule has 0 aliphatic carbocycles. The molecule has 0 aliphatic heterocycles. The fourth-order valence-corrected chi connectivity index (χ4v) is 3.11. The fraction of sp³-hybridized carbons (Fsp3) is 0. The van der Waals surface area contributed by atoms with Gasteiger partial charge in [-0.1, -0.05) is 12.1 Å². The number of fused-ring (bicyclic) bond motifs is 1. The van der Waals surface area contributed by atoms with Gasteiger partial charge in [0.2, 0.25) is 0 Å². The SMILES string of the molecule is O=S(=O)(Nc1cccc2cnccc12)c1ccc(F)cc1. The van der Waals surface area contributed by atoms with E-state index in [1.54, 1.807) is 30.6 Å². The van der Waals surface area contributed by atoms with E-state index >= 15 is 0 Å². The van der Waals surface area contributed by atoms with E-state index in [9.17, 15) is 12.8 Å². The minimum atomic E-state index is -3.76. The molecule has 3 rings (SSSR count). The molecule has 0 fully saturated rings. The summed E-state index contributed by atoms with van der Waals surface area (Å²) < 4.78 is 40.0. The van der Waals surface area contributed by atoms with E-state index in [1.165, 1.54) is 12.1 Å². The molecule has 0 amide bonds. The van der Waals surface area contributed by atoms with Gasteiger partial charge in [0.25, 0.3) is 10.0 Å². The number of nitrogens with zero attached hydrogens (tertiary/aromatic N) is 1. The lowest BCUT2D eigenvalue weighted by Crippen LogP contribution is -2.13. The number of hydrogen-bond acceptors (Lipinski definition) is 3. The van der Waals surface area contributed by atoms with Crippen molar-refractivity contribution in [1.29, 1.82) is 0 Å². The number of pyridine rings is 1. The zero-order valence-electron chi connectivity index (χ0n) is 10.8. The van der Waals surface area contributed by atoms with E-state index in [4.69, 9.17) is 0 Å². The number of hydrogen-bond donors (Lipinski definition) is 1. The minimum Gasteiger partial charge on any atom is -0.279 e. The van der Waals surface area contributed by atoms with Gasteiger partial charge >= 0.3 is 0 Å². The maximum Gasteiger partial charge on any atom is 0.261 e. The van der Waals surface area contributed by atoms with Gasteiger partial charge in [-0.25, -0.2) is 12.8 Å². The van der Waals surface area contributed by atoms with Crippen LogP contribution in [0, 0.1) is 5.82 Å². The second-order valence-corrected chi connectivity index (χ2v) is 6.14. The van der Waals surface area contributed by atoms with Crippen LogP contribution in [-0.4, -0.2) is 13.4 Å². The summed E-state index contributed by atoms with van der Waals surface area (Å²) in [5.41, 5.74) is 0.458. The van der Waals surface area contributed by atoms with Crippen LogP contribution in [0.2, 0.25) is 0 Å². The number of nitrogens with one attached hydrogen (secondary N) is 1. The third kappa shape index (κ3) is 2.71. The average Bonchev–Trinajstić information content (AvgIpc) is 2.48. The minimum absolute atomic E-state index is 0.00922. The first-order valence-electron chi connectivity index (χ1n) is 6.17. The van der Waals surface area contributed by atoms with E-state index in [1.807, 2.05) is 6.07 Å². The summed E-state index contributed by atoms with van der Waals surface area (Å²) in [6.07, 6.45) is 3.25. The maximum absolute atomic E-state index is 12.9. The predicted octanol–water partition coefficient (Wildman–Crippen LogP) is 3.17. The van der Waals surface area contributed by atoms with Crippen LogP contribution < -0.4 is 4.72 Å². The molecule has 0 spiro atoms. The lowest BCUT2D eigenvalue weighted by atomic mass is 10.1. The second-order valence-electron chi connectivity index (χ2n) is 4.46. The van der Waals surface area contributed by atoms with Crippen molar-refractivity contribution in [3.63, 3.8) is 0 Å². The Morgan fingerprint density at radius 1 is 1.00 bits per heavy atom. The van der Waals surface area contributed by atoms with Gasteiger partial charge in [-0.15, -0.1) is 0 Å². The lowest BCUT2D eigenvalue weighted by Gasteiger charge is -2.10. The van der Waals surface area contributed by atoms with E-state index in [0.29, 0.717) is 5.69 Å². The molecular formula is C15H11FN2O2S. The molecule has 2 aromatic carbocycles. The number of rotatable bonds is 3. The summed E-state index contributed by atoms with van der Waals surface area (Å²) in [6.45, 7) is 0. The topological polar surface area (TPSA) is 59.1 Å². The van der Waals surface area contributed by atoms with Crippen molar-refractivity contribution < 1.29 is 12.8 Å². The molecule has 0 atom stereocenters. The number of sulfonamides is 1. The third-order valence-electron chi connectivity index (χ3n) is 3.05. The summed E-state index contributed by atoms with van der Waals surface area (Å²) in [4.78, 5) is 4.01. The van der Waals surface area contributed by atoms with Crippen molar-refractivity contribution in [2.24, 2.45) is 0 Å². The Morgan fingerprint density at radius 3 is 2.52 bits per heavy atom. The highest BCUT2D eigenvalue weighted by atomic mass is 32.2. The normalized spacial score (nSPS) is 11.5. The van der Waals surface area contributed by atoms with Crippen LogP contribution in [0.15, 0.2) is 65.8 Å². The van der Waals surface area contributed by atoms with Crippen molar-refractivity contribution in [3.05, 3.63) is 66.7 Å². The summed E-state index contributed by atoms with van der Waals surface area (Å²) in [6, 6.07) is 11.7. The highest BCUT2D eigenvalue weighted by Crippen LogP contribution is 2.25. The predicted molar refractivity (Wildman–Crippen MR) is 79.0 cm³/mol. The van der Waals surface area contributed by atoms with Crippen LogP contribution in [0.5, 0.6) is 0 Å². The molecule has 1 aromatic heterocycles. The van der Waals surface area contributed by atoms with Crippen molar-refractivity contribution in [2.75, 3.05) is 4.72 Å². The molecule has 1 N–H and O–H groups in total. The Bertz CT molecular complexity index is 888. The van der Waals surface area contributed by atoms with Crippen molar-refractivity contribution in [3.8, 4) is 0 Å². The fourth-order valence-electron chi connectivity index (χ4n) is 2.03. The summed E-state index contributed by atoms with van der Waals surface area (Å²) in [5, 5.41) is 1.58. The molecule has 0 saturated carbocycles. The monoisotopic (exact) mass is 302 g/mol. The van der Waals surface area contributed by atoms with Crippen molar-refractivity contribution in [1.82, 2.24) is 4.98 Å². The summed E-state index contributed by atoms with van der Waals surface area (Å²) in [7, 11) is -3.76. The first-order valence-corrected chi connectivity index (χ1v) is 7.66. The molecular weight excluding hydrogens is 291 g/mol. The Kier molecular flexibility index (Phi) is 3.31. The molecule has 0 radical (unpaired) electrons. The Balaban J connectivity index is 2.03. The molecule has 6 heteroatoms. The molecule has 21 heavy (non-hydrogen) atoms. The van der Waals surface area contributed by atoms with E-state index in [0.717, 1.165) is 22.9 Å². The smallest absolute Gasteiger partial charge is 0.261 e. The first kappa shape index (κ1) is 13.5. The van der Waals surface area contributed by atoms with E-state index < -0.39 is 15.8 Å². The molecule has 4 nitrogen and oxygen atoms in total. The van der Waals surface area contributed by atoms with Gasteiger partial charge in [-0.2, -0.15) is 0 Å². The van der Waals surface area contributed by atoms with Gasteiger partial charge in [-0.3, -0.25) is 9.71 Å². The lowest BCUT2D eigenvalue weighted by molar-refractivity contribution is 0.599. The Morgan fingerprint density at radius 2 is 1.76 bits per heavy atom. The first-order chi connectivity index (χ1) is 10.1. The second kappa shape index (κ2) is 5.14. The van der Waals surface area contributed by atoms with Crippen LogP contribution >= 0.6 is 0 Å². The van der Waals surface area contributed by atoms with Crippen molar-refractivity contribution >= 4 is 26.5 Å². The highest BCUT2D eigenvalue weighted by Gasteiger charge is 2.15. The van der Waals surface area contributed by atoms with E-state index in [2.05, 4.69) is 9.71 Å². The maximum atomic E-state index is 12.9. The van der Waals surface area contributed by atoms with Gasteiger partial charge in [0, 0.05) is 23.2 Å². The number of aromatic nitrogens is 1. The molecule has 0 unspecified atom stereocenters. The highest BCUT2D eigenvalue weighted by molar-refractivity contribution is 7.92. The van der Waals surface area contributed by atoms with Crippen LogP contribution in [0.4, 0.5) is 10.1 Å². The average molecular weight is 302 g/mol. The van der Waals surface area contributed by atoms with Crippen LogP contribution in [0.3, 0.4) is 0 Å². The van der Waals surface area contributed by atoms with Gasteiger partial charge < -0.3 is 0 Å². The standard InChI is InChI=1S/C15H11FN2O2S/c16-12-4-6-13(7-5-12)21(19,20)18-15-3-1-2-11-10-17-9-8-14(11)15/h1-10,18H. The third-order valence-corrected chi connectivity index (χ3v) is 4.43. The Hall–Kier alpha value is -2.47. The quantitative estimate of drug-likeness (QED) is 0.808. The summed E-state index contributed by atoms with van der Waals surface area (Å²) in [5.74, 6) is -0.481. The van der Waals surface area contributed by atoms with Gasteiger partial charge in [-0.05, 0) is 36.4 Å². The van der Waals surface area contributed by atoms with Gasteiger partial charge in [0.1, 0.15) is 5.82 Å². The molecule has 1 heterocycles. The van der Waals surface area contributed by atoms with Crippen LogP contribution in [0.25, 0.3) is 10.8 Å². The zero-order chi connectivity index (χ0) is 14.9. The van der Waals surface area contributed by atoms with Gasteiger partial charge in [0.05, 0.1) is 10.6 Å². The number of anilines is 1. The molecule has 3 aromatic rings. The van der Waals surface area contributed by atoms with Gasteiger partial charge in [0.15, 0.2) is 0 Å². The molecule has 106 valence electrons. The Labute approximate surface area is 121 Å². The summed E-state index contributed by atoms with van der Waals surface area (Å²) >= 11 is 0. The largest absolute Gasteiger partial charge is 0.279 e. The zero-order valence-corrected chi connectivity index (χ0v) is 11.6. The number of benzene rings is 2. The van der Waals surface area contributed by atoms with Crippen molar-refractivity contribution in [2.45, 2.75) is 4.90 Å². The van der Waals surface area contributed by atoms with Crippen LogP contribution in [0.1, 0.15) is 0 Å².